The highest BCUT2D eigenvalue weighted by atomic mass is 35.5. The summed E-state index contributed by atoms with van der Waals surface area (Å²) in [5.74, 6) is 0.859. The molecule has 0 atom stereocenters. The maximum Gasteiger partial charge on any atom is 0.269 e. The molecular weight excluding hydrogens is 487 g/mol. The van der Waals surface area contributed by atoms with Crippen molar-refractivity contribution < 1.29 is 13.2 Å². The molecule has 0 unspecified atom stereocenters. The first kappa shape index (κ1) is 23.0. The molecule has 0 spiro atoms. The molecule has 0 fully saturated rings. The number of aromatic nitrogens is 2. The van der Waals surface area contributed by atoms with Crippen LogP contribution < -0.4 is 10.0 Å². The molecule has 158 valence electrons. The standard InChI is InChI=1S/C18H16Cl2N4O3S3/c19-13-6-7-14(15(20)10-13)16(25)22-17-23-24-18(29-17)30(26,27)21-8-9-28-11-12-4-2-1-3-5-12/h1-7,10,21H,8-9,11H2,(H,22,23,25). The van der Waals surface area contributed by atoms with Gasteiger partial charge in [-0.1, -0.05) is 64.9 Å². The maximum absolute atomic E-state index is 12.4. The van der Waals surface area contributed by atoms with Crippen LogP contribution in [0.3, 0.4) is 0 Å². The zero-order valence-corrected chi connectivity index (χ0v) is 19.3. The molecule has 30 heavy (non-hydrogen) atoms. The Bertz CT molecular complexity index is 1120. The Morgan fingerprint density at radius 1 is 1.10 bits per heavy atom. The number of sulfonamides is 1. The summed E-state index contributed by atoms with van der Waals surface area (Å²) in [6.07, 6.45) is 0. The van der Waals surface area contributed by atoms with E-state index in [0.717, 1.165) is 17.1 Å². The molecule has 2 aromatic carbocycles. The van der Waals surface area contributed by atoms with Crippen molar-refractivity contribution in [3.8, 4) is 0 Å². The smallest absolute Gasteiger partial charge is 0.269 e. The van der Waals surface area contributed by atoms with Crippen molar-refractivity contribution in [2.75, 3.05) is 17.6 Å². The largest absolute Gasteiger partial charge is 0.296 e. The summed E-state index contributed by atoms with van der Waals surface area (Å²) in [5, 5.41) is 10.5. The van der Waals surface area contributed by atoms with Gasteiger partial charge in [0.25, 0.3) is 15.9 Å². The Morgan fingerprint density at radius 3 is 2.60 bits per heavy atom. The zero-order chi connectivity index (χ0) is 21.6. The number of hydrogen-bond donors (Lipinski definition) is 2. The monoisotopic (exact) mass is 502 g/mol. The van der Waals surface area contributed by atoms with Gasteiger partial charge in [0, 0.05) is 23.1 Å². The molecule has 0 saturated heterocycles. The number of nitrogens with one attached hydrogen (secondary N) is 2. The van der Waals surface area contributed by atoms with E-state index in [1.165, 1.54) is 23.8 Å². The minimum Gasteiger partial charge on any atom is -0.296 e. The van der Waals surface area contributed by atoms with Crippen LogP contribution in [0.5, 0.6) is 0 Å². The van der Waals surface area contributed by atoms with Crippen molar-refractivity contribution in [2.45, 2.75) is 10.1 Å². The van der Waals surface area contributed by atoms with E-state index in [1.54, 1.807) is 11.8 Å². The average molecular weight is 503 g/mol. The van der Waals surface area contributed by atoms with Crippen molar-refractivity contribution >= 4 is 67.4 Å². The molecule has 3 rings (SSSR count). The Kier molecular flexibility index (Phi) is 8.09. The fraction of sp³-hybridized carbons (Fsp3) is 0.167. The lowest BCUT2D eigenvalue weighted by Crippen LogP contribution is -2.26. The molecule has 1 amide bonds. The number of anilines is 1. The van der Waals surface area contributed by atoms with Gasteiger partial charge >= 0.3 is 0 Å². The van der Waals surface area contributed by atoms with Crippen molar-refractivity contribution in [1.29, 1.82) is 0 Å². The predicted molar refractivity (Wildman–Crippen MR) is 122 cm³/mol. The molecule has 2 N–H and O–H groups in total. The normalized spacial score (nSPS) is 11.4. The minimum atomic E-state index is -3.81. The fourth-order valence-electron chi connectivity index (χ4n) is 2.28. The van der Waals surface area contributed by atoms with E-state index in [2.05, 4.69) is 20.2 Å². The molecule has 0 bridgehead atoms. The van der Waals surface area contributed by atoms with E-state index in [0.29, 0.717) is 10.8 Å². The molecule has 12 heteroatoms. The van der Waals surface area contributed by atoms with Crippen LogP contribution in [-0.4, -0.2) is 36.8 Å². The number of thioether (sulfide) groups is 1. The van der Waals surface area contributed by atoms with Gasteiger partial charge in [-0.15, -0.1) is 10.2 Å². The molecular formula is C18H16Cl2N4O3S3. The van der Waals surface area contributed by atoms with E-state index >= 15 is 0 Å². The number of carbonyl (C=O) groups is 1. The van der Waals surface area contributed by atoms with Crippen LogP contribution in [-0.2, 0) is 15.8 Å². The lowest BCUT2D eigenvalue weighted by molar-refractivity contribution is 0.102. The van der Waals surface area contributed by atoms with Gasteiger partial charge in [-0.3, -0.25) is 10.1 Å². The Hall–Kier alpha value is -1.69. The fourth-order valence-corrected chi connectivity index (χ4v) is 5.69. The van der Waals surface area contributed by atoms with E-state index in [4.69, 9.17) is 23.2 Å². The Balaban J connectivity index is 1.51. The number of nitrogens with zero attached hydrogens (tertiary/aromatic N) is 2. The molecule has 0 aliphatic rings. The molecule has 0 aliphatic heterocycles. The van der Waals surface area contributed by atoms with Gasteiger partial charge in [0.1, 0.15) is 0 Å². The third-order valence-corrected chi connectivity index (χ3v) is 7.93. The van der Waals surface area contributed by atoms with Crippen LogP contribution in [0.25, 0.3) is 0 Å². The van der Waals surface area contributed by atoms with Gasteiger partial charge in [0.05, 0.1) is 10.6 Å². The van der Waals surface area contributed by atoms with E-state index in [9.17, 15) is 13.2 Å². The van der Waals surface area contributed by atoms with Crippen LogP contribution in [0.15, 0.2) is 52.9 Å². The molecule has 1 aromatic heterocycles. The summed E-state index contributed by atoms with van der Waals surface area (Å²) >= 11 is 14.2. The molecule has 1 heterocycles. The molecule has 0 aliphatic carbocycles. The lowest BCUT2D eigenvalue weighted by Gasteiger charge is -2.04. The topological polar surface area (TPSA) is 101 Å². The van der Waals surface area contributed by atoms with E-state index in [1.807, 2.05) is 30.3 Å². The summed E-state index contributed by atoms with van der Waals surface area (Å²) in [6, 6.07) is 14.3. The van der Waals surface area contributed by atoms with Crippen LogP contribution >= 0.6 is 46.3 Å². The van der Waals surface area contributed by atoms with E-state index in [-0.39, 0.29) is 26.6 Å². The third-order valence-electron chi connectivity index (χ3n) is 3.68. The van der Waals surface area contributed by atoms with Gasteiger partial charge in [-0.2, -0.15) is 11.8 Å². The van der Waals surface area contributed by atoms with Crippen molar-refractivity contribution in [2.24, 2.45) is 0 Å². The van der Waals surface area contributed by atoms with Crippen LogP contribution in [0.1, 0.15) is 15.9 Å². The number of benzene rings is 2. The summed E-state index contributed by atoms with van der Waals surface area (Å²) < 4.78 is 27.0. The highest BCUT2D eigenvalue weighted by Gasteiger charge is 2.21. The first-order valence-corrected chi connectivity index (χ1v) is 12.8. The number of halogens is 2. The SMILES string of the molecule is O=C(Nc1nnc(S(=O)(=O)NCCSCc2ccccc2)s1)c1ccc(Cl)cc1Cl. The molecule has 0 radical (unpaired) electrons. The Labute approximate surface area is 192 Å². The highest BCUT2D eigenvalue weighted by molar-refractivity contribution is 7.98. The van der Waals surface area contributed by atoms with Crippen molar-refractivity contribution in [3.63, 3.8) is 0 Å². The van der Waals surface area contributed by atoms with Crippen molar-refractivity contribution in [3.05, 3.63) is 69.7 Å². The van der Waals surface area contributed by atoms with Crippen molar-refractivity contribution in [1.82, 2.24) is 14.9 Å². The maximum atomic E-state index is 12.4. The number of amides is 1. The second-order valence-electron chi connectivity index (χ2n) is 5.89. The van der Waals surface area contributed by atoms with Gasteiger partial charge in [-0.25, -0.2) is 13.1 Å². The molecule has 3 aromatic rings. The number of rotatable bonds is 9. The second-order valence-corrected chi connectivity index (χ2v) is 10.8. The minimum absolute atomic E-state index is 0.0462. The second kappa shape index (κ2) is 10.6. The average Bonchev–Trinajstić information content (AvgIpc) is 3.18. The zero-order valence-electron chi connectivity index (χ0n) is 15.3. The highest BCUT2D eigenvalue weighted by Crippen LogP contribution is 2.24. The molecule has 0 saturated carbocycles. The summed E-state index contributed by atoms with van der Waals surface area (Å²) in [4.78, 5) is 12.3. The van der Waals surface area contributed by atoms with Crippen LogP contribution in [0.2, 0.25) is 10.0 Å². The third kappa shape index (κ3) is 6.40. The summed E-state index contributed by atoms with van der Waals surface area (Å²) in [6.45, 7) is 0.251. The van der Waals surface area contributed by atoms with E-state index < -0.39 is 15.9 Å². The Morgan fingerprint density at radius 2 is 1.87 bits per heavy atom. The summed E-state index contributed by atoms with van der Waals surface area (Å²) in [7, 11) is -3.81. The van der Waals surface area contributed by atoms with Gasteiger partial charge in [0.2, 0.25) is 9.47 Å². The summed E-state index contributed by atoms with van der Waals surface area (Å²) in [5.41, 5.74) is 1.37. The van der Waals surface area contributed by atoms with Crippen LogP contribution in [0, 0.1) is 0 Å². The molecule has 7 nitrogen and oxygen atoms in total. The first-order chi connectivity index (χ1) is 14.3. The van der Waals surface area contributed by atoms with Gasteiger partial charge < -0.3 is 0 Å². The van der Waals surface area contributed by atoms with Crippen LogP contribution in [0.4, 0.5) is 5.13 Å². The predicted octanol–water partition coefficient (Wildman–Crippen LogP) is 4.31. The number of hydrogen-bond acceptors (Lipinski definition) is 7. The lowest BCUT2D eigenvalue weighted by atomic mass is 10.2. The first-order valence-electron chi connectivity index (χ1n) is 8.56. The quantitative estimate of drug-likeness (QED) is 0.334. The van der Waals surface area contributed by atoms with Gasteiger partial charge in [-0.05, 0) is 23.8 Å². The number of carbonyl (C=O) groups excluding carboxylic acids is 1. The van der Waals surface area contributed by atoms with Gasteiger partial charge in [0.15, 0.2) is 0 Å².